The second kappa shape index (κ2) is 3.41. The molecule has 0 spiro atoms. The molecule has 72 valence electrons. The van der Waals surface area contributed by atoms with Crippen molar-refractivity contribution in [1.29, 1.82) is 0 Å². The predicted molar refractivity (Wildman–Crippen MR) is 48.2 cm³/mol. The number of carbonyl (C=O) groups excluding carboxylic acids is 1. The molecule has 1 aliphatic rings. The summed E-state index contributed by atoms with van der Waals surface area (Å²) in [7, 11) is 1.33. The minimum atomic E-state index is -0.397. The van der Waals surface area contributed by atoms with Crippen molar-refractivity contribution in [3.8, 4) is 11.5 Å². The number of hydrogen-bond acceptors (Lipinski definition) is 4. The summed E-state index contributed by atoms with van der Waals surface area (Å²) in [6.45, 7) is 0. The van der Waals surface area contributed by atoms with Crippen LogP contribution >= 0.6 is 0 Å². The number of benzene rings is 1. The summed E-state index contributed by atoms with van der Waals surface area (Å²) in [5, 5.41) is 0. The summed E-state index contributed by atoms with van der Waals surface area (Å²) in [6, 6.07) is 4.85. The van der Waals surface area contributed by atoms with Gasteiger partial charge < -0.3 is 14.2 Å². The van der Waals surface area contributed by atoms with Gasteiger partial charge in [0.25, 0.3) is 0 Å². The van der Waals surface area contributed by atoms with E-state index in [0.717, 1.165) is 0 Å². The third-order valence-corrected chi connectivity index (χ3v) is 1.81. The molecule has 0 bridgehead atoms. The van der Waals surface area contributed by atoms with Gasteiger partial charge in [-0.25, -0.2) is 4.79 Å². The number of esters is 1. The van der Waals surface area contributed by atoms with Crippen molar-refractivity contribution in [1.82, 2.24) is 0 Å². The first-order chi connectivity index (χ1) is 6.81. The maximum absolute atomic E-state index is 11.2. The highest BCUT2D eigenvalue weighted by Crippen LogP contribution is 2.31. The Morgan fingerprint density at radius 2 is 1.93 bits per heavy atom. The number of rotatable bonds is 1. The molecule has 1 heterocycles. The molecule has 0 aromatic heterocycles. The first-order valence-electron chi connectivity index (χ1n) is 4.02. The van der Waals surface area contributed by atoms with Crippen molar-refractivity contribution < 1.29 is 19.0 Å². The van der Waals surface area contributed by atoms with Crippen LogP contribution < -0.4 is 9.47 Å². The molecule has 1 aromatic rings. The van der Waals surface area contributed by atoms with Crippen LogP contribution in [0.15, 0.2) is 30.7 Å². The third-order valence-electron chi connectivity index (χ3n) is 1.81. The molecule has 4 nitrogen and oxygen atoms in total. The normalized spacial score (nSPS) is 12.4. The minimum Gasteiger partial charge on any atom is -0.465 e. The molecule has 0 fully saturated rings. The van der Waals surface area contributed by atoms with Gasteiger partial charge in [-0.15, -0.1) is 0 Å². The predicted octanol–water partition coefficient (Wildman–Crippen LogP) is 1.72. The summed E-state index contributed by atoms with van der Waals surface area (Å²) >= 11 is 0. The van der Waals surface area contributed by atoms with Crippen LogP contribution in [0.4, 0.5) is 0 Å². The second-order valence-electron chi connectivity index (χ2n) is 2.66. The maximum Gasteiger partial charge on any atom is 0.337 e. The molecular weight excluding hydrogens is 184 g/mol. The number of fused-ring (bicyclic) bond motifs is 1. The van der Waals surface area contributed by atoms with E-state index in [1.807, 2.05) is 0 Å². The van der Waals surface area contributed by atoms with Gasteiger partial charge in [-0.3, -0.25) is 0 Å². The smallest absolute Gasteiger partial charge is 0.337 e. The van der Waals surface area contributed by atoms with E-state index in [9.17, 15) is 4.79 Å². The van der Waals surface area contributed by atoms with Crippen molar-refractivity contribution in [3.05, 3.63) is 36.3 Å². The van der Waals surface area contributed by atoms with Gasteiger partial charge in [0.2, 0.25) is 0 Å². The van der Waals surface area contributed by atoms with Gasteiger partial charge >= 0.3 is 5.97 Å². The molecule has 0 atom stereocenters. The number of hydrogen-bond donors (Lipinski definition) is 0. The fourth-order valence-electron chi connectivity index (χ4n) is 1.14. The largest absolute Gasteiger partial charge is 0.465 e. The van der Waals surface area contributed by atoms with E-state index >= 15 is 0 Å². The lowest BCUT2D eigenvalue weighted by atomic mass is 10.2. The number of ether oxygens (including phenoxy) is 3. The van der Waals surface area contributed by atoms with Crippen molar-refractivity contribution >= 4 is 5.97 Å². The molecule has 2 rings (SSSR count). The van der Waals surface area contributed by atoms with Gasteiger partial charge in [0.1, 0.15) is 12.5 Å². The molecule has 0 saturated heterocycles. The van der Waals surface area contributed by atoms with Crippen LogP contribution in [0, 0.1) is 0 Å². The highest BCUT2D eigenvalue weighted by molar-refractivity contribution is 5.90. The van der Waals surface area contributed by atoms with E-state index in [-0.39, 0.29) is 0 Å². The zero-order valence-corrected chi connectivity index (χ0v) is 7.52. The molecule has 0 saturated carbocycles. The highest BCUT2D eigenvalue weighted by Gasteiger charge is 2.12. The average molecular weight is 192 g/mol. The second-order valence-corrected chi connectivity index (χ2v) is 2.66. The van der Waals surface area contributed by atoms with Crippen LogP contribution in [0.3, 0.4) is 0 Å². The van der Waals surface area contributed by atoms with Gasteiger partial charge in [-0.05, 0) is 18.2 Å². The van der Waals surface area contributed by atoms with Crippen LogP contribution in [-0.4, -0.2) is 13.1 Å². The van der Waals surface area contributed by atoms with Crippen molar-refractivity contribution in [2.45, 2.75) is 0 Å². The van der Waals surface area contributed by atoms with Crippen LogP contribution in [-0.2, 0) is 4.74 Å². The zero-order chi connectivity index (χ0) is 9.97. The molecule has 1 aliphatic heterocycles. The highest BCUT2D eigenvalue weighted by atomic mass is 16.5. The SMILES string of the molecule is COC(=O)c1ccc2c(c1)OC=CO2. The summed E-state index contributed by atoms with van der Waals surface area (Å²) < 4.78 is 14.9. The maximum atomic E-state index is 11.2. The van der Waals surface area contributed by atoms with E-state index in [0.29, 0.717) is 17.1 Å². The van der Waals surface area contributed by atoms with Crippen LogP contribution in [0.2, 0.25) is 0 Å². The first-order valence-corrected chi connectivity index (χ1v) is 4.02. The Kier molecular flexibility index (Phi) is 2.10. The van der Waals surface area contributed by atoms with E-state index in [2.05, 4.69) is 4.74 Å². The first kappa shape index (κ1) is 8.62. The van der Waals surface area contributed by atoms with E-state index in [4.69, 9.17) is 9.47 Å². The summed E-state index contributed by atoms with van der Waals surface area (Å²) in [5.41, 5.74) is 0.435. The third kappa shape index (κ3) is 1.42. The van der Waals surface area contributed by atoms with Crippen LogP contribution in [0.1, 0.15) is 10.4 Å². The van der Waals surface area contributed by atoms with Gasteiger partial charge in [-0.2, -0.15) is 0 Å². The fourth-order valence-corrected chi connectivity index (χ4v) is 1.14. The Bertz CT molecular complexity index is 395. The molecule has 0 amide bonds. The van der Waals surface area contributed by atoms with Gasteiger partial charge in [0.15, 0.2) is 11.5 Å². The Balaban J connectivity index is 2.36. The molecule has 0 unspecified atom stereocenters. The van der Waals surface area contributed by atoms with E-state index in [1.54, 1.807) is 18.2 Å². The Labute approximate surface area is 80.7 Å². The lowest BCUT2D eigenvalue weighted by Crippen LogP contribution is -2.03. The lowest BCUT2D eigenvalue weighted by molar-refractivity contribution is 0.0600. The Hall–Kier alpha value is -1.97. The molecule has 0 N–H and O–H groups in total. The summed E-state index contributed by atoms with van der Waals surface area (Å²) in [4.78, 5) is 11.2. The summed E-state index contributed by atoms with van der Waals surface area (Å²) in [6.07, 6.45) is 2.84. The Morgan fingerprint density at radius 1 is 1.21 bits per heavy atom. The van der Waals surface area contributed by atoms with E-state index < -0.39 is 5.97 Å². The molecule has 1 aromatic carbocycles. The van der Waals surface area contributed by atoms with Gasteiger partial charge in [0, 0.05) is 0 Å². The van der Waals surface area contributed by atoms with Gasteiger partial charge in [0.05, 0.1) is 12.7 Å². The summed E-state index contributed by atoms with van der Waals surface area (Å²) in [5.74, 6) is 0.696. The topological polar surface area (TPSA) is 44.8 Å². The lowest BCUT2D eigenvalue weighted by Gasteiger charge is -2.12. The van der Waals surface area contributed by atoms with Crippen molar-refractivity contribution in [2.24, 2.45) is 0 Å². The molecule has 0 radical (unpaired) electrons. The molecule has 0 aliphatic carbocycles. The minimum absolute atomic E-state index is 0.397. The molecule has 14 heavy (non-hydrogen) atoms. The number of carbonyl (C=O) groups is 1. The fraction of sp³-hybridized carbons (Fsp3) is 0.100. The monoisotopic (exact) mass is 192 g/mol. The Morgan fingerprint density at radius 3 is 2.64 bits per heavy atom. The van der Waals surface area contributed by atoms with Gasteiger partial charge in [-0.1, -0.05) is 0 Å². The van der Waals surface area contributed by atoms with Crippen molar-refractivity contribution in [2.75, 3.05) is 7.11 Å². The average Bonchev–Trinajstić information content (AvgIpc) is 2.27. The number of methoxy groups -OCH3 is 1. The quantitative estimate of drug-likeness (QED) is 0.635. The molecular formula is C10H8O4. The van der Waals surface area contributed by atoms with Crippen LogP contribution in [0.5, 0.6) is 11.5 Å². The van der Waals surface area contributed by atoms with Crippen LogP contribution in [0.25, 0.3) is 0 Å². The zero-order valence-electron chi connectivity index (χ0n) is 7.52. The van der Waals surface area contributed by atoms with Crippen molar-refractivity contribution in [3.63, 3.8) is 0 Å². The van der Waals surface area contributed by atoms with E-state index in [1.165, 1.54) is 19.6 Å². The molecule has 4 heteroatoms. The standard InChI is InChI=1S/C10H8O4/c1-12-10(11)7-2-3-8-9(6-7)14-5-4-13-8/h2-6H,1H3.